The molecule has 212 valence electrons. The molecule has 4 heteroatoms. The van der Waals surface area contributed by atoms with Gasteiger partial charge in [-0.2, -0.15) is 0 Å². The molecule has 0 N–H and O–H groups in total. The first-order valence-corrected chi connectivity index (χ1v) is 17.9. The van der Waals surface area contributed by atoms with Crippen LogP contribution in [0.4, 0.5) is 0 Å². The molecular weight excluding hydrogens is 585 g/mol. The van der Waals surface area contributed by atoms with Crippen LogP contribution in [0.1, 0.15) is 79.2 Å². The zero-order valence-electron chi connectivity index (χ0n) is 24.7. The predicted octanol–water partition coefficient (Wildman–Crippen LogP) is 13.1. The molecule has 4 rings (SSSR count). The van der Waals surface area contributed by atoms with Crippen LogP contribution in [0.2, 0.25) is 0 Å². The fraction of sp³-hybridized carbons (Fsp3) is 0.316. The van der Waals surface area contributed by atoms with E-state index in [0.29, 0.717) is 0 Å². The van der Waals surface area contributed by atoms with E-state index in [1.165, 1.54) is 102 Å². The molecule has 4 aromatic heterocycles. The van der Waals surface area contributed by atoms with Gasteiger partial charge in [-0.15, -0.1) is 45.3 Å². The molecule has 0 aliphatic rings. The van der Waals surface area contributed by atoms with Crippen molar-refractivity contribution in [1.82, 2.24) is 0 Å². The lowest BCUT2D eigenvalue weighted by atomic mass is 10.0. The normalized spacial score (nSPS) is 9.98. The van der Waals surface area contributed by atoms with Crippen molar-refractivity contribution < 1.29 is 0 Å². The second kappa shape index (κ2) is 17.0. The van der Waals surface area contributed by atoms with E-state index in [1.807, 2.05) is 51.4 Å². The third-order valence-corrected chi connectivity index (χ3v) is 11.6. The molecule has 0 fully saturated rings. The van der Waals surface area contributed by atoms with Crippen LogP contribution in [0.15, 0.2) is 88.8 Å². The Morgan fingerprint density at radius 1 is 0.619 bits per heavy atom. The van der Waals surface area contributed by atoms with Crippen molar-refractivity contribution in [1.29, 1.82) is 0 Å². The van der Waals surface area contributed by atoms with Crippen molar-refractivity contribution in [2.24, 2.45) is 0 Å². The first kappa shape index (κ1) is 31.7. The average Bonchev–Trinajstić information content (AvgIpc) is 3.78. The van der Waals surface area contributed by atoms with Gasteiger partial charge in [-0.05, 0) is 116 Å². The zero-order chi connectivity index (χ0) is 29.6. The van der Waals surface area contributed by atoms with Gasteiger partial charge in [0.25, 0.3) is 0 Å². The number of thiophene rings is 4. The molecule has 4 aromatic rings. The summed E-state index contributed by atoms with van der Waals surface area (Å²) in [6.45, 7) is 10.1. The first-order chi connectivity index (χ1) is 20.6. The summed E-state index contributed by atoms with van der Waals surface area (Å²) in [7, 11) is 0. The predicted molar refractivity (Wildman–Crippen MR) is 188 cm³/mol. The Morgan fingerprint density at radius 3 is 1.86 bits per heavy atom. The second-order valence-electron chi connectivity index (χ2n) is 10.1. The van der Waals surface area contributed by atoms with Crippen molar-refractivity contribution in [2.45, 2.75) is 78.6 Å². The Balaban J connectivity index is 1.47. The molecule has 0 saturated carbocycles. The van der Waals surface area contributed by atoms with Gasteiger partial charge in [0.05, 0.1) is 4.88 Å². The smallest absolute Gasteiger partial charge is 0.0524 e. The zero-order valence-corrected chi connectivity index (χ0v) is 28.0. The lowest BCUT2D eigenvalue weighted by Gasteiger charge is -2.03. The Morgan fingerprint density at radius 2 is 1.17 bits per heavy atom. The highest BCUT2D eigenvalue weighted by atomic mass is 32.1. The van der Waals surface area contributed by atoms with E-state index in [2.05, 4.69) is 110 Å². The summed E-state index contributed by atoms with van der Waals surface area (Å²) < 4.78 is 0. The standard InChI is InChI=1S/C38H36S4/c1-5-7-9-11-13-15-17-19-21-31-27-29(3)39-37(31)35-25-23-33(41-35)34-24-26-36(42-34)38-32(28-30(4)40-38)22-20-18-16-14-12-10-8-6-2/h21,23-28H,1,6,8,10,12,14,16,18,20,22H2,2-4H3. The fourth-order valence-corrected chi connectivity index (χ4v) is 9.18. The maximum atomic E-state index is 3.42. The van der Waals surface area contributed by atoms with E-state index in [-0.39, 0.29) is 0 Å². The Labute approximate surface area is 267 Å². The summed E-state index contributed by atoms with van der Waals surface area (Å²) in [5, 5.41) is 0. The van der Waals surface area contributed by atoms with Crippen LogP contribution in [-0.4, -0.2) is 0 Å². The Bertz CT molecular complexity index is 1800. The van der Waals surface area contributed by atoms with Gasteiger partial charge in [0, 0.05) is 39.7 Å². The second-order valence-corrected chi connectivity index (χ2v) is 14.8. The van der Waals surface area contributed by atoms with Crippen LogP contribution in [0.25, 0.3) is 35.3 Å². The Kier molecular flexibility index (Phi) is 12.9. The quantitative estimate of drug-likeness (QED) is 0.103. The SMILES string of the molecule is C=C=C=C=C=C=C=C=C=Cc1cc(C)sc1-c1ccc(-c2ccc(-c3sc(C)cc3CCCCCCCCCC)s2)s1. The van der Waals surface area contributed by atoms with Crippen molar-refractivity contribution in [3.63, 3.8) is 0 Å². The topological polar surface area (TPSA) is 0 Å². The van der Waals surface area contributed by atoms with E-state index in [4.69, 9.17) is 0 Å². The summed E-state index contributed by atoms with van der Waals surface area (Å²) in [5.41, 5.74) is 24.3. The van der Waals surface area contributed by atoms with Crippen LogP contribution in [0.5, 0.6) is 0 Å². The third kappa shape index (κ3) is 9.40. The summed E-state index contributed by atoms with van der Waals surface area (Å²) in [4.78, 5) is 10.7. The number of hydrogen-bond donors (Lipinski definition) is 0. The molecule has 0 aliphatic carbocycles. The molecular formula is C38H36S4. The van der Waals surface area contributed by atoms with Gasteiger partial charge in [0.15, 0.2) is 0 Å². The Hall–Kier alpha value is -3.22. The van der Waals surface area contributed by atoms with Crippen molar-refractivity contribution in [3.05, 3.63) is 110 Å². The van der Waals surface area contributed by atoms with Crippen molar-refractivity contribution in [2.75, 3.05) is 0 Å². The molecule has 0 radical (unpaired) electrons. The highest BCUT2D eigenvalue weighted by Crippen LogP contribution is 2.45. The summed E-state index contributed by atoms with van der Waals surface area (Å²) in [6.07, 6.45) is 14.1. The molecule has 0 bridgehead atoms. The monoisotopic (exact) mass is 620 g/mol. The van der Waals surface area contributed by atoms with Crippen LogP contribution in [0, 0.1) is 13.8 Å². The molecule has 0 amide bonds. The molecule has 0 nitrogen and oxygen atoms in total. The summed E-state index contributed by atoms with van der Waals surface area (Å²) in [5.74, 6) is 0. The maximum absolute atomic E-state index is 3.42. The molecule has 0 atom stereocenters. The number of aryl methyl sites for hydroxylation is 3. The summed E-state index contributed by atoms with van der Waals surface area (Å²) in [6, 6.07) is 13.7. The highest BCUT2D eigenvalue weighted by molar-refractivity contribution is 7.28. The minimum Gasteiger partial charge on any atom is -0.139 e. The molecule has 42 heavy (non-hydrogen) atoms. The fourth-order valence-electron chi connectivity index (χ4n) is 4.75. The maximum Gasteiger partial charge on any atom is 0.0524 e. The highest BCUT2D eigenvalue weighted by Gasteiger charge is 2.15. The van der Waals surface area contributed by atoms with E-state index in [0.717, 1.165) is 5.56 Å². The molecule has 0 aliphatic heterocycles. The lowest BCUT2D eigenvalue weighted by Crippen LogP contribution is -1.86. The molecule has 0 saturated heterocycles. The molecule has 0 unspecified atom stereocenters. The van der Waals surface area contributed by atoms with Crippen LogP contribution >= 0.6 is 45.3 Å². The van der Waals surface area contributed by atoms with Gasteiger partial charge in [0.1, 0.15) is 0 Å². The van der Waals surface area contributed by atoms with E-state index >= 15 is 0 Å². The first-order valence-electron chi connectivity index (χ1n) is 14.6. The van der Waals surface area contributed by atoms with E-state index in [1.54, 1.807) is 0 Å². The largest absolute Gasteiger partial charge is 0.139 e. The molecule has 0 aromatic carbocycles. The van der Waals surface area contributed by atoms with Gasteiger partial charge in [0.2, 0.25) is 0 Å². The van der Waals surface area contributed by atoms with Gasteiger partial charge < -0.3 is 0 Å². The van der Waals surface area contributed by atoms with Gasteiger partial charge in [-0.1, -0.05) is 63.3 Å². The van der Waals surface area contributed by atoms with Gasteiger partial charge in [-0.3, -0.25) is 0 Å². The lowest BCUT2D eigenvalue weighted by molar-refractivity contribution is 0.576. The molecule has 0 spiro atoms. The number of rotatable bonds is 13. The van der Waals surface area contributed by atoms with Crippen LogP contribution in [0.3, 0.4) is 0 Å². The summed E-state index contributed by atoms with van der Waals surface area (Å²) >= 11 is 7.54. The third-order valence-electron chi connectivity index (χ3n) is 6.72. The minimum absolute atomic E-state index is 1.14. The van der Waals surface area contributed by atoms with Gasteiger partial charge >= 0.3 is 0 Å². The van der Waals surface area contributed by atoms with E-state index in [9.17, 15) is 0 Å². The van der Waals surface area contributed by atoms with Crippen molar-refractivity contribution >= 4 is 51.4 Å². The van der Waals surface area contributed by atoms with Crippen LogP contribution < -0.4 is 0 Å². The number of hydrogen-bond acceptors (Lipinski definition) is 4. The van der Waals surface area contributed by atoms with Crippen LogP contribution in [-0.2, 0) is 6.42 Å². The minimum atomic E-state index is 1.14. The van der Waals surface area contributed by atoms with E-state index < -0.39 is 0 Å². The molecule has 4 heterocycles. The van der Waals surface area contributed by atoms with Crippen molar-refractivity contribution in [3.8, 4) is 29.3 Å². The average molecular weight is 621 g/mol. The number of unbranched alkanes of at least 4 members (excludes halogenated alkanes) is 7. The van der Waals surface area contributed by atoms with Gasteiger partial charge in [-0.25, -0.2) is 0 Å².